The number of carbonyl (C=O) groups is 2. The van der Waals surface area contributed by atoms with Crippen molar-refractivity contribution in [1.82, 2.24) is 15.1 Å². The van der Waals surface area contributed by atoms with Gasteiger partial charge in [0.2, 0.25) is 5.91 Å². The Morgan fingerprint density at radius 3 is 2.43 bits per heavy atom. The lowest BCUT2D eigenvalue weighted by Crippen LogP contribution is -2.34. The number of hydrogen-bond acceptors (Lipinski definition) is 5. The van der Waals surface area contributed by atoms with E-state index in [1.54, 1.807) is 30.3 Å². The maximum Gasteiger partial charge on any atom is 0.266 e. The van der Waals surface area contributed by atoms with Gasteiger partial charge in [0.05, 0.1) is 12.2 Å². The molecular formula is C22H22N4O4. The summed E-state index contributed by atoms with van der Waals surface area (Å²) in [6, 6.07) is 19.4. The molecule has 0 saturated heterocycles. The Kier molecular flexibility index (Phi) is 6.94. The first-order valence-electron chi connectivity index (χ1n) is 9.42. The van der Waals surface area contributed by atoms with E-state index < -0.39 is 0 Å². The van der Waals surface area contributed by atoms with Crippen molar-refractivity contribution in [2.45, 2.75) is 13.5 Å². The lowest BCUT2D eigenvalue weighted by Gasteiger charge is -2.10. The third-order valence-corrected chi connectivity index (χ3v) is 4.13. The number of benzene rings is 2. The summed E-state index contributed by atoms with van der Waals surface area (Å²) in [5.41, 5.74) is 2.01. The van der Waals surface area contributed by atoms with Gasteiger partial charge in [0.25, 0.3) is 11.5 Å². The summed E-state index contributed by atoms with van der Waals surface area (Å²) in [6.07, 6.45) is 0. The first-order chi connectivity index (χ1) is 14.5. The standard InChI is InChI=1S/C22H22N4O4/c1-16(27)24-18-7-9-19(10-8-18)30-15-21(28)23-13-14-26-22(29)12-11-20(25-26)17-5-3-2-4-6-17/h2-12H,13-15H2,1H3,(H,23,28)(H,24,27). The zero-order valence-corrected chi connectivity index (χ0v) is 16.5. The summed E-state index contributed by atoms with van der Waals surface area (Å²) in [5, 5.41) is 9.71. The average molecular weight is 406 g/mol. The minimum Gasteiger partial charge on any atom is -0.484 e. The number of carbonyl (C=O) groups excluding carboxylic acids is 2. The quantitative estimate of drug-likeness (QED) is 0.596. The van der Waals surface area contributed by atoms with E-state index in [0.29, 0.717) is 17.1 Å². The largest absolute Gasteiger partial charge is 0.484 e. The fourth-order valence-electron chi connectivity index (χ4n) is 2.71. The van der Waals surface area contributed by atoms with Crippen LogP contribution in [0.1, 0.15) is 6.92 Å². The molecule has 1 heterocycles. The highest BCUT2D eigenvalue weighted by atomic mass is 16.5. The summed E-state index contributed by atoms with van der Waals surface area (Å²) < 4.78 is 6.75. The van der Waals surface area contributed by atoms with Crippen LogP contribution >= 0.6 is 0 Å². The van der Waals surface area contributed by atoms with Crippen LogP contribution in [-0.4, -0.2) is 34.7 Å². The molecule has 2 N–H and O–H groups in total. The number of aromatic nitrogens is 2. The van der Waals surface area contributed by atoms with Crippen LogP contribution in [0.2, 0.25) is 0 Å². The summed E-state index contributed by atoms with van der Waals surface area (Å²) >= 11 is 0. The Bertz CT molecular complexity index is 1060. The molecule has 3 aromatic rings. The van der Waals surface area contributed by atoms with E-state index in [9.17, 15) is 14.4 Å². The minimum absolute atomic E-state index is 0.161. The summed E-state index contributed by atoms with van der Waals surface area (Å²) in [6.45, 7) is 1.76. The topological polar surface area (TPSA) is 102 Å². The van der Waals surface area contributed by atoms with Gasteiger partial charge in [0.1, 0.15) is 5.75 Å². The number of anilines is 1. The van der Waals surface area contributed by atoms with Crippen LogP contribution in [0.4, 0.5) is 5.69 Å². The number of nitrogens with one attached hydrogen (secondary N) is 2. The van der Waals surface area contributed by atoms with Gasteiger partial charge in [-0.25, -0.2) is 4.68 Å². The zero-order valence-electron chi connectivity index (χ0n) is 16.5. The molecule has 0 saturated carbocycles. The normalized spacial score (nSPS) is 10.3. The molecule has 8 heteroatoms. The molecule has 0 fully saturated rings. The minimum atomic E-state index is -0.312. The molecular weight excluding hydrogens is 384 g/mol. The molecule has 0 aliphatic rings. The Morgan fingerprint density at radius 2 is 1.73 bits per heavy atom. The molecule has 0 aliphatic heterocycles. The molecule has 1 aromatic heterocycles. The molecule has 2 amide bonds. The van der Waals surface area contributed by atoms with Gasteiger partial charge in [-0.3, -0.25) is 14.4 Å². The van der Waals surface area contributed by atoms with Gasteiger partial charge < -0.3 is 15.4 Å². The van der Waals surface area contributed by atoms with E-state index >= 15 is 0 Å². The van der Waals surface area contributed by atoms with Crippen molar-refractivity contribution in [3.05, 3.63) is 77.1 Å². The molecule has 0 bridgehead atoms. The fourth-order valence-corrected chi connectivity index (χ4v) is 2.71. The SMILES string of the molecule is CC(=O)Nc1ccc(OCC(=O)NCCn2nc(-c3ccccc3)ccc2=O)cc1. The van der Waals surface area contributed by atoms with Gasteiger partial charge in [0.15, 0.2) is 6.61 Å². The predicted molar refractivity (Wildman–Crippen MR) is 113 cm³/mol. The van der Waals surface area contributed by atoms with Gasteiger partial charge in [-0.05, 0) is 30.3 Å². The Morgan fingerprint density at radius 1 is 1.00 bits per heavy atom. The summed E-state index contributed by atoms with van der Waals surface area (Å²) in [4.78, 5) is 35.0. The smallest absolute Gasteiger partial charge is 0.266 e. The van der Waals surface area contributed by atoms with Crippen LogP contribution < -0.4 is 20.9 Å². The van der Waals surface area contributed by atoms with E-state index in [1.807, 2.05) is 30.3 Å². The van der Waals surface area contributed by atoms with Crippen LogP contribution in [0.5, 0.6) is 5.75 Å². The molecule has 2 aromatic carbocycles. The van der Waals surface area contributed by atoms with E-state index in [4.69, 9.17) is 4.74 Å². The van der Waals surface area contributed by atoms with Crippen LogP contribution in [0.15, 0.2) is 71.5 Å². The number of hydrogen-bond donors (Lipinski definition) is 2. The van der Waals surface area contributed by atoms with Crippen molar-refractivity contribution in [3.63, 3.8) is 0 Å². The third-order valence-electron chi connectivity index (χ3n) is 4.13. The van der Waals surface area contributed by atoms with Crippen LogP contribution in [0.25, 0.3) is 11.3 Å². The molecule has 0 spiro atoms. The van der Waals surface area contributed by atoms with Crippen LogP contribution in [-0.2, 0) is 16.1 Å². The third kappa shape index (κ3) is 6.03. The van der Waals surface area contributed by atoms with Gasteiger partial charge in [0, 0.05) is 30.8 Å². The van der Waals surface area contributed by atoms with E-state index in [0.717, 1.165) is 5.56 Å². The number of amides is 2. The number of nitrogens with zero attached hydrogens (tertiary/aromatic N) is 2. The highest BCUT2D eigenvalue weighted by Crippen LogP contribution is 2.15. The van der Waals surface area contributed by atoms with E-state index in [2.05, 4.69) is 15.7 Å². The predicted octanol–water partition coefficient (Wildman–Crippen LogP) is 2.06. The van der Waals surface area contributed by atoms with Gasteiger partial charge in [-0.2, -0.15) is 5.10 Å². The second-order valence-corrected chi connectivity index (χ2v) is 6.49. The lowest BCUT2D eigenvalue weighted by molar-refractivity contribution is -0.123. The van der Waals surface area contributed by atoms with Gasteiger partial charge >= 0.3 is 0 Å². The molecule has 0 atom stereocenters. The van der Waals surface area contributed by atoms with Crippen molar-refractivity contribution in [1.29, 1.82) is 0 Å². The molecule has 8 nitrogen and oxygen atoms in total. The molecule has 154 valence electrons. The maximum absolute atomic E-state index is 12.0. The Balaban J connectivity index is 1.47. The molecule has 0 aliphatic carbocycles. The highest BCUT2D eigenvalue weighted by molar-refractivity contribution is 5.88. The monoisotopic (exact) mass is 406 g/mol. The lowest BCUT2D eigenvalue weighted by atomic mass is 10.1. The maximum atomic E-state index is 12.0. The summed E-state index contributed by atoms with van der Waals surface area (Å²) in [7, 11) is 0. The number of rotatable bonds is 8. The number of ether oxygens (including phenoxy) is 1. The zero-order chi connectivity index (χ0) is 21.3. The Hall–Kier alpha value is -3.94. The average Bonchev–Trinajstić information content (AvgIpc) is 2.75. The molecule has 0 unspecified atom stereocenters. The van der Waals surface area contributed by atoms with Crippen molar-refractivity contribution in [2.24, 2.45) is 0 Å². The molecule has 0 radical (unpaired) electrons. The van der Waals surface area contributed by atoms with Gasteiger partial charge in [-0.15, -0.1) is 0 Å². The van der Waals surface area contributed by atoms with Crippen molar-refractivity contribution in [2.75, 3.05) is 18.5 Å². The fraction of sp³-hybridized carbons (Fsp3) is 0.182. The second-order valence-electron chi connectivity index (χ2n) is 6.49. The van der Waals surface area contributed by atoms with Crippen molar-refractivity contribution >= 4 is 17.5 Å². The first kappa shape index (κ1) is 20.8. The second kappa shape index (κ2) is 10.0. The molecule has 3 rings (SSSR count). The van der Waals surface area contributed by atoms with Crippen molar-refractivity contribution < 1.29 is 14.3 Å². The van der Waals surface area contributed by atoms with Crippen LogP contribution in [0, 0.1) is 0 Å². The van der Waals surface area contributed by atoms with Crippen molar-refractivity contribution in [3.8, 4) is 17.0 Å². The highest BCUT2D eigenvalue weighted by Gasteiger charge is 2.06. The van der Waals surface area contributed by atoms with E-state index in [-0.39, 0.29) is 37.1 Å². The van der Waals surface area contributed by atoms with Crippen LogP contribution in [0.3, 0.4) is 0 Å². The molecule has 30 heavy (non-hydrogen) atoms. The summed E-state index contributed by atoms with van der Waals surface area (Å²) in [5.74, 6) is 0.0341. The van der Waals surface area contributed by atoms with E-state index in [1.165, 1.54) is 17.7 Å². The first-order valence-corrected chi connectivity index (χ1v) is 9.42. The Labute approximate surface area is 173 Å². The van der Waals surface area contributed by atoms with Gasteiger partial charge in [-0.1, -0.05) is 30.3 Å².